The van der Waals surface area contributed by atoms with E-state index in [2.05, 4.69) is 28.9 Å². The fraction of sp³-hybridized carbons (Fsp3) is 0.667. The minimum absolute atomic E-state index is 0.350. The third kappa shape index (κ3) is 3.97. The number of aromatic nitrogens is 2. The lowest BCUT2D eigenvalue weighted by atomic mass is 10.1. The zero-order chi connectivity index (χ0) is 13.5. The molecule has 102 valence electrons. The summed E-state index contributed by atoms with van der Waals surface area (Å²) in [7, 11) is 1.68. The van der Waals surface area contributed by atoms with Gasteiger partial charge in [0.25, 0.3) is 0 Å². The Morgan fingerprint density at radius 2 is 1.94 bits per heavy atom. The van der Waals surface area contributed by atoms with Gasteiger partial charge in [0, 0.05) is 25.8 Å². The summed E-state index contributed by atoms with van der Waals surface area (Å²) in [6.07, 6.45) is 2.05. The molecule has 1 aromatic rings. The second kappa shape index (κ2) is 7.77. The number of hydrogen-bond donors (Lipinski definition) is 0. The maximum atomic E-state index is 6.11. The first-order chi connectivity index (χ1) is 8.63. The topological polar surface area (TPSA) is 38.2 Å². The summed E-state index contributed by atoms with van der Waals surface area (Å²) in [6.45, 7) is 5.69. The van der Waals surface area contributed by atoms with Crippen LogP contribution in [0.3, 0.4) is 0 Å². The van der Waals surface area contributed by atoms with Crippen LogP contribution in [0, 0.1) is 0 Å². The van der Waals surface area contributed by atoms with Crippen molar-refractivity contribution in [3.8, 4) is 0 Å². The lowest BCUT2D eigenvalue weighted by Crippen LogP contribution is -2.37. The number of ether oxygens (including phenoxy) is 1. The number of hydrogen-bond acceptors (Lipinski definition) is 4. The van der Waals surface area contributed by atoms with Gasteiger partial charge >= 0.3 is 0 Å². The van der Waals surface area contributed by atoms with Crippen molar-refractivity contribution in [1.29, 1.82) is 0 Å². The third-order valence-electron chi connectivity index (χ3n) is 2.93. The van der Waals surface area contributed by atoms with Crippen molar-refractivity contribution in [2.75, 3.05) is 25.2 Å². The first-order valence-corrected chi connectivity index (χ1v) is 6.83. The molecule has 0 unspecified atom stereocenters. The van der Waals surface area contributed by atoms with Gasteiger partial charge < -0.3 is 9.64 Å². The van der Waals surface area contributed by atoms with Crippen LogP contribution in [-0.4, -0.2) is 36.5 Å². The molecule has 0 amide bonds. The molecular weight excluding hydrogens is 273 g/mol. The van der Waals surface area contributed by atoms with E-state index >= 15 is 0 Å². The van der Waals surface area contributed by atoms with E-state index in [4.69, 9.17) is 27.9 Å². The van der Waals surface area contributed by atoms with Crippen LogP contribution in [0.4, 0.5) is 5.69 Å². The minimum Gasteiger partial charge on any atom is -0.383 e. The average Bonchev–Trinajstić information content (AvgIpc) is 2.38. The highest BCUT2D eigenvalue weighted by atomic mass is 35.5. The van der Waals surface area contributed by atoms with Crippen LogP contribution in [0.1, 0.15) is 26.7 Å². The lowest BCUT2D eigenvalue weighted by molar-refractivity contribution is 0.202. The highest BCUT2D eigenvalue weighted by Gasteiger charge is 2.19. The molecule has 1 rings (SSSR count). The molecule has 0 aliphatic heterocycles. The first-order valence-electron chi connectivity index (χ1n) is 6.08. The van der Waals surface area contributed by atoms with Gasteiger partial charge in [-0.2, -0.15) is 0 Å². The molecule has 0 aliphatic rings. The summed E-state index contributed by atoms with van der Waals surface area (Å²) in [6, 6.07) is 2.14. The maximum absolute atomic E-state index is 6.11. The molecule has 0 aliphatic carbocycles. The molecule has 1 aromatic heterocycles. The smallest absolute Gasteiger partial charge is 0.175 e. The van der Waals surface area contributed by atoms with Crippen LogP contribution in [0.25, 0.3) is 0 Å². The van der Waals surface area contributed by atoms with Gasteiger partial charge in [-0.1, -0.05) is 37.0 Å². The molecule has 0 N–H and O–H groups in total. The minimum atomic E-state index is 0.350. The molecule has 18 heavy (non-hydrogen) atoms. The fourth-order valence-electron chi connectivity index (χ4n) is 1.96. The third-order valence-corrected chi connectivity index (χ3v) is 3.38. The van der Waals surface area contributed by atoms with Crippen LogP contribution in [-0.2, 0) is 4.74 Å². The Morgan fingerprint density at radius 1 is 1.28 bits per heavy atom. The van der Waals surface area contributed by atoms with Gasteiger partial charge in [-0.05, 0) is 12.8 Å². The van der Waals surface area contributed by atoms with Crippen molar-refractivity contribution >= 4 is 28.9 Å². The van der Waals surface area contributed by atoms with E-state index in [0.29, 0.717) is 23.0 Å². The number of methoxy groups -OCH3 is 1. The molecule has 0 bridgehead atoms. The van der Waals surface area contributed by atoms with Crippen molar-refractivity contribution in [2.24, 2.45) is 0 Å². The Balaban J connectivity index is 3.03. The lowest BCUT2D eigenvalue weighted by Gasteiger charge is -2.32. The Morgan fingerprint density at radius 3 is 2.50 bits per heavy atom. The summed E-state index contributed by atoms with van der Waals surface area (Å²) in [4.78, 5) is 2.19. The first kappa shape index (κ1) is 15.5. The van der Waals surface area contributed by atoms with E-state index in [1.165, 1.54) is 0 Å². The molecule has 1 heterocycles. The Hall–Kier alpha value is -0.580. The summed E-state index contributed by atoms with van der Waals surface area (Å²) in [5.74, 6) is 0. The van der Waals surface area contributed by atoms with Gasteiger partial charge in [-0.3, -0.25) is 0 Å². The zero-order valence-electron chi connectivity index (χ0n) is 11.0. The number of halogens is 2. The second-order valence-electron chi connectivity index (χ2n) is 4.00. The molecule has 4 nitrogen and oxygen atoms in total. The Labute approximate surface area is 118 Å². The molecule has 0 atom stereocenters. The molecular formula is C12H19Cl2N3O. The van der Waals surface area contributed by atoms with Crippen molar-refractivity contribution in [2.45, 2.75) is 32.7 Å². The Bertz CT molecular complexity index is 372. The van der Waals surface area contributed by atoms with Crippen LogP contribution in [0.2, 0.25) is 10.3 Å². The average molecular weight is 292 g/mol. The zero-order valence-corrected chi connectivity index (χ0v) is 12.5. The maximum Gasteiger partial charge on any atom is 0.175 e. The summed E-state index contributed by atoms with van der Waals surface area (Å²) in [5.41, 5.74) is 0.822. The van der Waals surface area contributed by atoms with Gasteiger partial charge in [-0.15, -0.1) is 10.2 Å². The summed E-state index contributed by atoms with van der Waals surface area (Å²) in [5, 5.41) is 8.33. The SMILES string of the molecule is CCC(CC)N(CCOC)c1cc(Cl)nnc1Cl. The van der Waals surface area contributed by atoms with E-state index in [-0.39, 0.29) is 0 Å². The molecule has 0 saturated heterocycles. The molecule has 0 spiro atoms. The van der Waals surface area contributed by atoms with E-state index in [1.807, 2.05) is 0 Å². The van der Waals surface area contributed by atoms with Crippen LogP contribution >= 0.6 is 23.2 Å². The number of rotatable bonds is 7. The van der Waals surface area contributed by atoms with Crippen LogP contribution in [0.5, 0.6) is 0 Å². The normalized spacial score (nSPS) is 11.0. The summed E-state index contributed by atoms with van der Waals surface area (Å²) < 4.78 is 5.15. The van der Waals surface area contributed by atoms with Gasteiger partial charge in [-0.25, -0.2) is 0 Å². The van der Waals surface area contributed by atoms with Crippen molar-refractivity contribution in [3.05, 3.63) is 16.4 Å². The quantitative estimate of drug-likeness (QED) is 0.771. The molecule has 0 saturated carbocycles. The number of nitrogens with zero attached hydrogens (tertiary/aromatic N) is 3. The predicted molar refractivity (Wildman–Crippen MR) is 75.6 cm³/mol. The van der Waals surface area contributed by atoms with Crippen molar-refractivity contribution in [3.63, 3.8) is 0 Å². The standard InChI is InChI=1S/C12H19Cl2N3O/c1-4-9(5-2)17(6-7-18-3)10-8-11(13)15-16-12(10)14/h8-9H,4-7H2,1-3H3. The molecule has 6 heteroatoms. The van der Waals surface area contributed by atoms with E-state index in [9.17, 15) is 0 Å². The number of anilines is 1. The van der Waals surface area contributed by atoms with Gasteiger partial charge in [0.2, 0.25) is 0 Å². The molecule has 0 aromatic carbocycles. The predicted octanol–water partition coefficient (Wildman–Crippen LogP) is 3.42. The van der Waals surface area contributed by atoms with E-state index in [1.54, 1.807) is 13.2 Å². The van der Waals surface area contributed by atoms with E-state index < -0.39 is 0 Å². The van der Waals surface area contributed by atoms with E-state index in [0.717, 1.165) is 25.1 Å². The van der Waals surface area contributed by atoms with Crippen LogP contribution < -0.4 is 4.90 Å². The highest BCUT2D eigenvalue weighted by Crippen LogP contribution is 2.28. The molecule has 0 radical (unpaired) electrons. The van der Waals surface area contributed by atoms with Crippen molar-refractivity contribution < 1.29 is 4.74 Å². The van der Waals surface area contributed by atoms with Crippen molar-refractivity contribution in [1.82, 2.24) is 10.2 Å². The largest absolute Gasteiger partial charge is 0.383 e. The summed E-state index contributed by atoms with van der Waals surface area (Å²) >= 11 is 12.0. The van der Waals surface area contributed by atoms with Gasteiger partial charge in [0.15, 0.2) is 10.3 Å². The van der Waals surface area contributed by atoms with Gasteiger partial charge in [0.05, 0.1) is 12.3 Å². The molecule has 0 fully saturated rings. The van der Waals surface area contributed by atoms with Crippen LogP contribution in [0.15, 0.2) is 6.07 Å². The Kier molecular flexibility index (Phi) is 6.68. The highest BCUT2D eigenvalue weighted by molar-refractivity contribution is 6.33. The second-order valence-corrected chi connectivity index (χ2v) is 4.74. The fourth-order valence-corrected chi connectivity index (χ4v) is 2.31. The monoisotopic (exact) mass is 291 g/mol. The van der Waals surface area contributed by atoms with Gasteiger partial charge in [0.1, 0.15) is 0 Å².